The van der Waals surface area contributed by atoms with Crippen LogP contribution in [0.2, 0.25) is 0 Å². The lowest BCUT2D eigenvalue weighted by molar-refractivity contribution is -0.146. The zero-order valence-corrected chi connectivity index (χ0v) is 22.3. The molecule has 0 aliphatic heterocycles. The lowest BCUT2D eigenvalue weighted by Crippen LogP contribution is -2.33. The molecular weight excluding hydrogens is 460 g/mol. The van der Waals surface area contributed by atoms with Crippen LogP contribution in [0.15, 0.2) is 24.3 Å². The van der Waals surface area contributed by atoms with Gasteiger partial charge in [0.15, 0.2) is 0 Å². The summed E-state index contributed by atoms with van der Waals surface area (Å²) in [6.45, 7) is 9.34. The molecule has 2 N–H and O–H groups in total. The molecule has 36 heavy (non-hydrogen) atoms. The summed E-state index contributed by atoms with van der Waals surface area (Å²) in [6.07, 6.45) is 14.6. The van der Waals surface area contributed by atoms with E-state index < -0.39 is 25.2 Å². The van der Waals surface area contributed by atoms with Gasteiger partial charge in [-0.25, -0.2) is 9.59 Å². The van der Waals surface area contributed by atoms with Gasteiger partial charge in [0, 0.05) is 12.5 Å². The third-order valence-corrected chi connectivity index (χ3v) is 7.95. The first-order valence-corrected chi connectivity index (χ1v) is 13.9. The molecular formula is C29H48O7. The second kappa shape index (κ2) is 16.9. The lowest BCUT2D eigenvalue weighted by atomic mass is 9.79. The van der Waals surface area contributed by atoms with Crippen LogP contribution in [0, 0.1) is 23.7 Å². The van der Waals surface area contributed by atoms with E-state index in [2.05, 4.69) is 20.1 Å². The Morgan fingerprint density at radius 3 is 1.83 bits per heavy atom. The minimum Gasteiger partial charge on any atom is -0.462 e. The summed E-state index contributed by atoms with van der Waals surface area (Å²) in [7, 11) is 0. The maximum Gasteiger partial charge on any atom is 0.335 e. The van der Waals surface area contributed by atoms with Crippen molar-refractivity contribution in [2.75, 3.05) is 33.0 Å². The van der Waals surface area contributed by atoms with Gasteiger partial charge in [0.05, 0.1) is 43.7 Å². The van der Waals surface area contributed by atoms with E-state index in [4.69, 9.17) is 24.4 Å². The summed E-state index contributed by atoms with van der Waals surface area (Å²) < 4.78 is 17.0. The van der Waals surface area contributed by atoms with Crippen molar-refractivity contribution < 1.29 is 34.0 Å². The van der Waals surface area contributed by atoms with Gasteiger partial charge in [0.2, 0.25) is 0 Å². The van der Waals surface area contributed by atoms with E-state index in [-0.39, 0.29) is 42.3 Å². The van der Waals surface area contributed by atoms with Gasteiger partial charge in [0.25, 0.3) is 0 Å². The predicted molar refractivity (Wildman–Crippen MR) is 139 cm³/mol. The Bertz CT molecular complexity index is 656. The first kappa shape index (κ1) is 30.5. The summed E-state index contributed by atoms with van der Waals surface area (Å²) in [4.78, 5) is 23.9. The number of carbonyl (C=O) groups excluding carboxylic acids is 2. The number of esters is 2. The topological polar surface area (TPSA) is 102 Å². The Morgan fingerprint density at radius 1 is 0.806 bits per heavy atom. The van der Waals surface area contributed by atoms with Gasteiger partial charge >= 0.3 is 11.9 Å². The molecule has 0 heterocycles. The SMILES string of the molecule is C=C(CO)C(=O)OCC(COC(=O)C(=C)CO)C1CCC(OCC2CCC(CCCCC)CC2)CC1. The molecule has 7 nitrogen and oxygen atoms in total. The standard InChI is InChI=1S/C29H48O7/c1-4-5-6-7-23-8-10-24(11-9-23)18-34-27-14-12-25(13-15-27)26(19-35-28(32)21(2)16-30)20-36-29(33)22(3)17-31/h23-27,30-31H,2-20H2,1H3. The number of unbranched alkanes of at least 4 members (excludes halogenated alkanes) is 2. The van der Waals surface area contributed by atoms with Crippen molar-refractivity contribution in [1.29, 1.82) is 0 Å². The van der Waals surface area contributed by atoms with Crippen molar-refractivity contribution in [2.45, 2.75) is 90.1 Å². The van der Waals surface area contributed by atoms with Crippen LogP contribution in [0.4, 0.5) is 0 Å². The van der Waals surface area contributed by atoms with Crippen molar-refractivity contribution in [3.63, 3.8) is 0 Å². The highest BCUT2D eigenvalue weighted by Crippen LogP contribution is 2.35. The molecule has 2 saturated carbocycles. The molecule has 0 radical (unpaired) electrons. The van der Waals surface area contributed by atoms with E-state index in [0.29, 0.717) is 5.92 Å². The highest BCUT2D eigenvalue weighted by Gasteiger charge is 2.31. The fourth-order valence-electron chi connectivity index (χ4n) is 5.39. The van der Waals surface area contributed by atoms with Crippen LogP contribution < -0.4 is 0 Å². The van der Waals surface area contributed by atoms with Crippen molar-refractivity contribution in [1.82, 2.24) is 0 Å². The second-order valence-corrected chi connectivity index (χ2v) is 10.7. The Morgan fingerprint density at radius 2 is 1.33 bits per heavy atom. The first-order chi connectivity index (χ1) is 17.4. The molecule has 0 unspecified atom stereocenters. The zero-order chi connectivity index (χ0) is 26.3. The van der Waals surface area contributed by atoms with E-state index in [1.54, 1.807) is 0 Å². The molecule has 0 amide bonds. The zero-order valence-electron chi connectivity index (χ0n) is 22.3. The van der Waals surface area contributed by atoms with E-state index in [0.717, 1.165) is 38.2 Å². The molecule has 0 aromatic carbocycles. The maximum absolute atomic E-state index is 12.0. The highest BCUT2D eigenvalue weighted by atomic mass is 16.5. The van der Waals surface area contributed by atoms with Crippen LogP contribution in [0.5, 0.6) is 0 Å². The minimum atomic E-state index is -0.648. The molecule has 2 aliphatic carbocycles. The number of rotatable bonds is 16. The van der Waals surface area contributed by atoms with Gasteiger partial charge in [-0.05, 0) is 56.3 Å². The summed E-state index contributed by atoms with van der Waals surface area (Å²) >= 11 is 0. The number of hydrogen-bond acceptors (Lipinski definition) is 7. The Hall–Kier alpha value is -1.70. The van der Waals surface area contributed by atoms with Crippen molar-refractivity contribution in [3.05, 3.63) is 24.3 Å². The van der Waals surface area contributed by atoms with E-state index in [1.165, 1.54) is 51.4 Å². The number of ether oxygens (including phenoxy) is 3. The van der Waals surface area contributed by atoms with E-state index in [9.17, 15) is 9.59 Å². The Balaban J connectivity index is 1.76. The molecule has 0 aromatic heterocycles. The summed E-state index contributed by atoms with van der Waals surface area (Å²) in [5.74, 6) is 0.327. The van der Waals surface area contributed by atoms with Gasteiger partial charge in [-0.1, -0.05) is 58.6 Å². The summed E-state index contributed by atoms with van der Waals surface area (Å²) in [5, 5.41) is 18.2. The molecule has 2 aliphatic rings. The van der Waals surface area contributed by atoms with Crippen LogP contribution in [0.1, 0.15) is 84.0 Å². The smallest absolute Gasteiger partial charge is 0.335 e. The average molecular weight is 509 g/mol. The summed E-state index contributed by atoms with van der Waals surface area (Å²) in [6, 6.07) is 0. The fourth-order valence-corrected chi connectivity index (χ4v) is 5.39. The van der Waals surface area contributed by atoms with Gasteiger partial charge in [-0.3, -0.25) is 0 Å². The molecule has 0 aromatic rings. The van der Waals surface area contributed by atoms with Crippen molar-refractivity contribution in [3.8, 4) is 0 Å². The van der Waals surface area contributed by atoms with Gasteiger partial charge in [-0.15, -0.1) is 0 Å². The average Bonchev–Trinajstić information content (AvgIpc) is 2.91. The number of hydrogen-bond donors (Lipinski definition) is 2. The van der Waals surface area contributed by atoms with Gasteiger partial charge in [0.1, 0.15) is 0 Å². The number of aliphatic hydroxyl groups excluding tert-OH is 2. The molecule has 0 bridgehead atoms. The quantitative estimate of drug-likeness (QED) is 0.176. The molecule has 2 rings (SSSR count). The number of carbonyl (C=O) groups is 2. The van der Waals surface area contributed by atoms with Crippen LogP contribution in [-0.2, 0) is 23.8 Å². The largest absolute Gasteiger partial charge is 0.462 e. The normalized spacial score (nSPS) is 24.3. The highest BCUT2D eigenvalue weighted by molar-refractivity contribution is 5.88. The van der Waals surface area contributed by atoms with Crippen LogP contribution in [-0.4, -0.2) is 61.3 Å². The third-order valence-electron chi connectivity index (χ3n) is 7.95. The molecule has 0 atom stereocenters. The van der Waals surface area contributed by atoms with E-state index >= 15 is 0 Å². The number of aliphatic hydroxyl groups is 2. The van der Waals surface area contributed by atoms with Crippen molar-refractivity contribution in [2.24, 2.45) is 23.7 Å². The fraction of sp³-hybridized carbons (Fsp3) is 0.793. The Kier molecular flexibility index (Phi) is 14.4. The molecule has 0 saturated heterocycles. The third kappa shape index (κ3) is 10.7. The van der Waals surface area contributed by atoms with Crippen molar-refractivity contribution >= 4 is 11.9 Å². The summed E-state index contributed by atoms with van der Waals surface area (Å²) in [5.41, 5.74) is -0.0157. The monoisotopic (exact) mass is 508 g/mol. The molecule has 0 spiro atoms. The molecule has 7 heteroatoms. The molecule has 206 valence electrons. The lowest BCUT2D eigenvalue weighted by Gasteiger charge is -2.35. The van der Waals surface area contributed by atoms with E-state index in [1.807, 2.05) is 0 Å². The minimum absolute atomic E-state index is 0.00787. The maximum atomic E-state index is 12.0. The predicted octanol–water partition coefficient (Wildman–Crippen LogP) is 4.75. The van der Waals surface area contributed by atoms with Gasteiger partial charge in [-0.2, -0.15) is 0 Å². The van der Waals surface area contributed by atoms with Crippen LogP contribution in [0.3, 0.4) is 0 Å². The van der Waals surface area contributed by atoms with Gasteiger partial charge < -0.3 is 24.4 Å². The second-order valence-electron chi connectivity index (χ2n) is 10.7. The van der Waals surface area contributed by atoms with Crippen LogP contribution >= 0.6 is 0 Å². The van der Waals surface area contributed by atoms with Crippen LogP contribution in [0.25, 0.3) is 0 Å². The molecule has 2 fully saturated rings. The first-order valence-electron chi connectivity index (χ1n) is 13.9. The Labute approximate surface area is 217 Å².